The van der Waals surface area contributed by atoms with Gasteiger partial charge in [0.25, 0.3) is 0 Å². The van der Waals surface area contributed by atoms with Gasteiger partial charge in [-0.3, -0.25) is 4.99 Å². The molecule has 0 spiro atoms. The molecule has 1 aromatic carbocycles. The van der Waals surface area contributed by atoms with E-state index in [1.807, 2.05) is 0 Å². The number of halogens is 4. The van der Waals surface area contributed by atoms with Gasteiger partial charge in [0.05, 0.1) is 12.1 Å². The summed E-state index contributed by atoms with van der Waals surface area (Å²) in [5, 5.41) is 4.09. The predicted molar refractivity (Wildman–Crippen MR) is 81.4 cm³/mol. The Labute approximate surface area is 128 Å². The number of alkyl halides is 3. The normalized spacial score (nSPS) is 19.1. The molecule has 0 saturated carbocycles. The number of hydrogen-bond acceptors (Lipinski definition) is 3. The van der Waals surface area contributed by atoms with E-state index in [2.05, 4.69) is 33.2 Å². The van der Waals surface area contributed by atoms with E-state index >= 15 is 0 Å². The first-order valence-electron chi connectivity index (χ1n) is 6.25. The number of thioether (sulfide) groups is 1. The molecule has 0 bridgehead atoms. The molecule has 0 amide bonds. The van der Waals surface area contributed by atoms with Crippen molar-refractivity contribution in [3.63, 3.8) is 0 Å². The van der Waals surface area contributed by atoms with Gasteiger partial charge in [0.15, 0.2) is 5.17 Å². The van der Waals surface area contributed by atoms with Gasteiger partial charge in [0, 0.05) is 15.4 Å². The molecule has 0 radical (unpaired) electrons. The van der Waals surface area contributed by atoms with Crippen LogP contribution < -0.4 is 5.32 Å². The van der Waals surface area contributed by atoms with Crippen LogP contribution >= 0.6 is 27.7 Å². The average molecular weight is 367 g/mol. The van der Waals surface area contributed by atoms with Gasteiger partial charge in [-0.15, -0.1) is 0 Å². The SMILES string of the molecule is CCCC1CN=C(Nc2ccc(Br)c(C(F)(F)F)c2)S1. The first kappa shape index (κ1) is 15.7. The molecule has 1 N–H and O–H groups in total. The first-order chi connectivity index (χ1) is 9.40. The predicted octanol–water partition coefficient (Wildman–Crippen LogP) is 5.15. The number of amidine groups is 1. The number of nitrogens with zero attached hydrogens (tertiary/aromatic N) is 1. The van der Waals surface area contributed by atoms with E-state index in [0.717, 1.165) is 25.5 Å². The van der Waals surface area contributed by atoms with Crippen LogP contribution in [0.25, 0.3) is 0 Å². The molecule has 0 aliphatic carbocycles. The minimum absolute atomic E-state index is 0.0421. The van der Waals surface area contributed by atoms with Crippen molar-refractivity contribution >= 4 is 38.5 Å². The van der Waals surface area contributed by atoms with Gasteiger partial charge >= 0.3 is 6.18 Å². The van der Waals surface area contributed by atoms with E-state index in [9.17, 15) is 13.2 Å². The lowest BCUT2D eigenvalue weighted by Gasteiger charge is -2.12. The van der Waals surface area contributed by atoms with E-state index < -0.39 is 11.7 Å². The van der Waals surface area contributed by atoms with Crippen LogP contribution in [-0.2, 0) is 6.18 Å². The van der Waals surface area contributed by atoms with E-state index in [-0.39, 0.29) is 4.47 Å². The van der Waals surface area contributed by atoms with E-state index in [4.69, 9.17) is 0 Å². The van der Waals surface area contributed by atoms with Crippen molar-refractivity contribution < 1.29 is 13.2 Å². The molecule has 2 nitrogen and oxygen atoms in total. The molecule has 1 aromatic rings. The quantitative estimate of drug-likeness (QED) is 0.799. The Morgan fingerprint density at radius 2 is 2.20 bits per heavy atom. The highest BCUT2D eigenvalue weighted by Crippen LogP contribution is 2.36. The summed E-state index contributed by atoms with van der Waals surface area (Å²) in [5.41, 5.74) is -0.278. The van der Waals surface area contributed by atoms with E-state index in [1.165, 1.54) is 6.07 Å². The second-order valence-electron chi connectivity index (χ2n) is 4.49. The maximum Gasteiger partial charge on any atom is 0.417 e. The van der Waals surface area contributed by atoms with Crippen LogP contribution in [0.2, 0.25) is 0 Å². The van der Waals surface area contributed by atoms with Crippen molar-refractivity contribution in [1.82, 2.24) is 0 Å². The van der Waals surface area contributed by atoms with Gasteiger partial charge in [0.2, 0.25) is 0 Å². The van der Waals surface area contributed by atoms with Crippen LogP contribution in [0.1, 0.15) is 25.3 Å². The Balaban J connectivity index is 2.08. The maximum atomic E-state index is 12.8. The van der Waals surface area contributed by atoms with E-state index in [0.29, 0.717) is 16.1 Å². The lowest BCUT2D eigenvalue weighted by molar-refractivity contribution is -0.138. The Kier molecular flexibility index (Phi) is 5.01. The second kappa shape index (κ2) is 6.39. The van der Waals surface area contributed by atoms with Crippen molar-refractivity contribution in [3.8, 4) is 0 Å². The first-order valence-corrected chi connectivity index (χ1v) is 7.92. The van der Waals surface area contributed by atoms with Crippen LogP contribution in [0.4, 0.5) is 18.9 Å². The molecule has 1 aliphatic rings. The minimum atomic E-state index is -4.37. The van der Waals surface area contributed by atoms with Gasteiger partial charge in [-0.05, 0) is 24.6 Å². The fraction of sp³-hybridized carbons (Fsp3) is 0.462. The van der Waals surface area contributed by atoms with Crippen LogP contribution in [0.15, 0.2) is 27.7 Å². The fourth-order valence-electron chi connectivity index (χ4n) is 1.90. The van der Waals surface area contributed by atoms with Crippen molar-refractivity contribution in [1.29, 1.82) is 0 Å². The highest BCUT2D eigenvalue weighted by atomic mass is 79.9. The largest absolute Gasteiger partial charge is 0.417 e. The van der Waals surface area contributed by atoms with Gasteiger partial charge in [-0.1, -0.05) is 41.0 Å². The third kappa shape index (κ3) is 3.91. The number of rotatable bonds is 3. The lowest BCUT2D eigenvalue weighted by atomic mass is 10.2. The van der Waals surface area contributed by atoms with Gasteiger partial charge in [-0.2, -0.15) is 13.2 Å². The molecular weight excluding hydrogens is 353 g/mol. The lowest BCUT2D eigenvalue weighted by Crippen LogP contribution is -2.10. The van der Waals surface area contributed by atoms with Crippen LogP contribution in [0, 0.1) is 0 Å². The summed E-state index contributed by atoms with van der Waals surface area (Å²) < 4.78 is 38.5. The van der Waals surface area contributed by atoms with Crippen molar-refractivity contribution in [2.45, 2.75) is 31.2 Å². The molecule has 20 heavy (non-hydrogen) atoms. The summed E-state index contributed by atoms with van der Waals surface area (Å²) in [4.78, 5) is 4.32. The Bertz CT molecular complexity index is 517. The third-order valence-electron chi connectivity index (χ3n) is 2.85. The van der Waals surface area contributed by atoms with Crippen LogP contribution in [0.5, 0.6) is 0 Å². The van der Waals surface area contributed by atoms with Crippen LogP contribution in [-0.4, -0.2) is 17.0 Å². The van der Waals surface area contributed by atoms with E-state index in [1.54, 1.807) is 17.8 Å². The topological polar surface area (TPSA) is 24.4 Å². The summed E-state index contributed by atoms with van der Waals surface area (Å²) in [6, 6.07) is 4.10. The molecule has 0 aromatic heterocycles. The zero-order valence-corrected chi connectivity index (χ0v) is 13.2. The number of anilines is 1. The number of aliphatic imine (C=N–C) groups is 1. The summed E-state index contributed by atoms with van der Waals surface area (Å²) in [6.07, 6.45) is -2.23. The standard InChI is InChI=1S/C13H14BrF3N2S/c1-2-3-9-7-18-12(20-9)19-8-4-5-11(14)10(6-8)13(15,16)17/h4-6,9H,2-3,7H2,1H3,(H,18,19). The summed E-state index contributed by atoms with van der Waals surface area (Å²) in [7, 11) is 0. The van der Waals surface area contributed by atoms with Crippen molar-refractivity contribution in [2.24, 2.45) is 4.99 Å². The number of benzene rings is 1. The van der Waals surface area contributed by atoms with Gasteiger partial charge in [-0.25, -0.2) is 0 Å². The molecule has 1 atom stereocenters. The van der Waals surface area contributed by atoms with Crippen LogP contribution in [0.3, 0.4) is 0 Å². The molecule has 7 heteroatoms. The fourth-order valence-corrected chi connectivity index (χ4v) is 3.52. The van der Waals surface area contributed by atoms with Gasteiger partial charge in [0.1, 0.15) is 0 Å². The smallest absolute Gasteiger partial charge is 0.335 e. The third-order valence-corrected chi connectivity index (χ3v) is 4.71. The molecule has 0 saturated heterocycles. The highest BCUT2D eigenvalue weighted by molar-refractivity contribution is 9.10. The minimum Gasteiger partial charge on any atom is -0.335 e. The number of hydrogen-bond donors (Lipinski definition) is 1. The molecule has 110 valence electrons. The Hall–Kier alpha value is -0.690. The summed E-state index contributed by atoms with van der Waals surface area (Å²) in [5.74, 6) is 0. The molecule has 1 aliphatic heterocycles. The summed E-state index contributed by atoms with van der Waals surface area (Å²) in [6.45, 7) is 2.83. The molecule has 2 rings (SSSR count). The molecule has 0 fully saturated rings. The summed E-state index contributed by atoms with van der Waals surface area (Å²) >= 11 is 4.52. The Morgan fingerprint density at radius 3 is 2.85 bits per heavy atom. The zero-order valence-electron chi connectivity index (χ0n) is 10.8. The maximum absolute atomic E-state index is 12.8. The molecular formula is C13H14BrF3N2S. The molecule has 1 heterocycles. The Morgan fingerprint density at radius 1 is 1.45 bits per heavy atom. The zero-order chi connectivity index (χ0) is 14.8. The number of nitrogens with one attached hydrogen (secondary N) is 1. The van der Waals surface area contributed by atoms with Crippen molar-refractivity contribution in [3.05, 3.63) is 28.2 Å². The van der Waals surface area contributed by atoms with Crippen molar-refractivity contribution in [2.75, 3.05) is 11.9 Å². The van der Waals surface area contributed by atoms with Gasteiger partial charge < -0.3 is 5.32 Å². The average Bonchev–Trinajstić information content (AvgIpc) is 2.78. The highest BCUT2D eigenvalue weighted by Gasteiger charge is 2.33. The second-order valence-corrected chi connectivity index (χ2v) is 6.64. The molecule has 1 unspecified atom stereocenters. The monoisotopic (exact) mass is 366 g/mol.